The molecule has 0 aliphatic carbocycles. The molecule has 1 aromatic rings. The molecule has 1 aliphatic rings. The number of morpholine rings is 1. The van der Waals surface area contributed by atoms with E-state index in [2.05, 4.69) is 21.7 Å². The summed E-state index contributed by atoms with van der Waals surface area (Å²) in [6, 6.07) is 4.41. The Labute approximate surface area is 122 Å². The number of halogens is 1. The monoisotopic (exact) mass is 302 g/mol. The number of nitrogens with one attached hydrogen (secondary N) is 1. The van der Waals surface area contributed by atoms with E-state index in [1.165, 1.54) is 4.88 Å². The molecule has 1 N–H and O–H groups in total. The number of hydrogen-bond donors (Lipinski definition) is 1. The SMILES string of the molecule is O=C(CCCl)NCC(c1cccs1)N1CCOCC1. The zero-order valence-corrected chi connectivity index (χ0v) is 12.4. The Morgan fingerprint density at radius 1 is 1.53 bits per heavy atom. The highest BCUT2D eigenvalue weighted by Gasteiger charge is 2.23. The third-order valence-electron chi connectivity index (χ3n) is 3.17. The smallest absolute Gasteiger partial charge is 0.221 e. The Kier molecular flexibility index (Phi) is 6.10. The molecule has 106 valence electrons. The average molecular weight is 303 g/mol. The molecule has 0 spiro atoms. The van der Waals surface area contributed by atoms with Gasteiger partial charge in [-0.05, 0) is 11.4 Å². The summed E-state index contributed by atoms with van der Waals surface area (Å²) in [6.45, 7) is 3.98. The zero-order valence-electron chi connectivity index (χ0n) is 10.8. The first-order valence-corrected chi connectivity index (χ1v) is 7.90. The quantitative estimate of drug-likeness (QED) is 0.816. The minimum absolute atomic E-state index is 0.0183. The standard InChI is InChI=1S/C13H19ClN2O2S/c14-4-3-13(17)15-10-11(12-2-1-9-19-12)16-5-7-18-8-6-16/h1-2,9,11H,3-8,10H2,(H,15,17). The van der Waals surface area contributed by atoms with Gasteiger partial charge in [-0.1, -0.05) is 6.07 Å². The molecule has 0 radical (unpaired) electrons. The molecule has 1 atom stereocenters. The molecule has 1 amide bonds. The number of carbonyl (C=O) groups is 1. The number of alkyl halides is 1. The maximum Gasteiger partial charge on any atom is 0.221 e. The van der Waals surface area contributed by atoms with Gasteiger partial charge in [0.1, 0.15) is 0 Å². The molecule has 2 heterocycles. The lowest BCUT2D eigenvalue weighted by Gasteiger charge is -2.34. The first kappa shape index (κ1) is 14.8. The van der Waals surface area contributed by atoms with Crippen molar-refractivity contribution in [3.63, 3.8) is 0 Å². The predicted octanol–water partition coefficient (Wildman–Crippen LogP) is 1.87. The molecule has 19 heavy (non-hydrogen) atoms. The minimum Gasteiger partial charge on any atom is -0.379 e. The van der Waals surface area contributed by atoms with E-state index >= 15 is 0 Å². The third-order valence-corrected chi connectivity index (χ3v) is 4.33. The van der Waals surface area contributed by atoms with Gasteiger partial charge in [0.05, 0.1) is 19.3 Å². The molecule has 1 aliphatic heterocycles. The number of nitrogens with zero attached hydrogens (tertiary/aromatic N) is 1. The van der Waals surface area contributed by atoms with Crippen LogP contribution >= 0.6 is 22.9 Å². The fourth-order valence-corrected chi connectivity index (χ4v) is 3.20. The molecule has 1 unspecified atom stereocenters. The molecule has 0 aromatic carbocycles. The largest absolute Gasteiger partial charge is 0.379 e. The second-order valence-electron chi connectivity index (χ2n) is 4.42. The lowest BCUT2D eigenvalue weighted by Crippen LogP contribution is -2.43. The van der Waals surface area contributed by atoms with Gasteiger partial charge < -0.3 is 10.1 Å². The normalized spacial score (nSPS) is 18.2. The van der Waals surface area contributed by atoms with Crippen molar-refractivity contribution in [2.45, 2.75) is 12.5 Å². The van der Waals surface area contributed by atoms with Gasteiger partial charge >= 0.3 is 0 Å². The van der Waals surface area contributed by atoms with E-state index in [-0.39, 0.29) is 11.9 Å². The summed E-state index contributed by atoms with van der Waals surface area (Å²) in [5, 5.41) is 5.04. The van der Waals surface area contributed by atoms with Crippen LogP contribution in [0.2, 0.25) is 0 Å². The number of carbonyl (C=O) groups excluding carboxylic acids is 1. The van der Waals surface area contributed by atoms with Crippen molar-refractivity contribution < 1.29 is 9.53 Å². The van der Waals surface area contributed by atoms with Crippen LogP contribution in [-0.4, -0.2) is 49.5 Å². The van der Waals surface area contributed by atoms with Crippen LogP contribution in [0.15, 0.2) is 17.5 Å². The molecule has 6 heteroatoms. The minimum atomic E-state index is 0.0183. The van der Waals surface area contributed by atoms with Crippen molar-refractivity contribution >= 4 is 28.8 Å². The fraction of sp³-hybridized carbons (Fsp3) is 0.615. The van der Waals surface area contributed by atoms with Crippen LogP contribution in [0.25, 0.3) is 0 Å². The van der Waals surface area contributed by atoms with Crippen LogP contribution in [0, 0.1) is 0 Å². The predicted molar refractivity (Wildman–Crippen MR) is 77.8 cm³/mol. The lowest BCUT2D eigenvalue weighted by atomic mass is 10.2. The summed E-state index contributed by atoms with van der Waals surface area (Å²) in [7, 11) is 0. The highest BCUT2D eigenvalue weighted by molar-refractivity contribution is 7.10. The summed E-state index contributed by atoms with van der Waals surface area (Å²) < 4.78 is 5.39. The van der Waals surface area contributed by atoms with Crippen molar-refractivity contribution in [3.05, 3.63) is 22.4 Å². The first-order chi connectivity index (χ1) is 9.31. The van der Waals surface area contributed by atoms with Crippen LogP contribution in [-0.2, 0) is 9.53 Å². The molecular formula is C13H19ClN2O2S. The molecule has 1 aromatic heterocycles. The molecule has 4 nitrogen and oxygen atoms in total. The summed E-state index contributed by atoms with van der Waals surface area (Å²) >= 11 is 7.30. The highest BCUT2D eigenvalue weighted by atomic mass is 35.5. The van der Waals surface area contributed by atoms with Gasteiger partial charge in [-0.3, -0.25) is 9.69 Å². The van der Waals surface area contributed by atoms with Gasteiger partial charge in [0.15, 0.2) is 0 Å². The lowest BCUT2D eigenvalue weighted by molar-refractivity contribution is -0.121. The van der Waals surface area contributed by atoms with Crippen molar-refractivity contribution in [2.75, 3.05) is 38.7 Å². The van der Waals surface area contributed by atoms with E-state index in [9.17, 15) is 4.79 Å². The van der Waals surface area contributed by atoms with Gasteiger partial charge in [-0.2, -0.15) is 0 Å². The second kappa shape index (κ2) is 7.85. The fourth-order valence-electron chi connectivity index (χ4n) is 2.16. The van der Waals surface area contributed by atoms with Crippen molar-refractivity contribution in [1.29, 1.82) is 0 Å². The summed E-state index contributed by atoms with van der Waals surface area (Å²) in [5.74, 6) is 0.386. The van der Waals surface area contributed by atoms with E-state index in [1.807, 2.05) is 6.07 Å². The Morgan fingerprint density at radius 2 is 2.32 bits per heavy atom. The van der Waals surface area contributed by atoms with Crippen LogP contribution in [0.5, 0.6) is 0 Å². The number of thiophene rings is 1. The number of amides is 1. The third kappa shape index (κ3) is 4.45. The van der Waals surface area contributed by atoms with Gasteiger partial charge in [0, 0.05) is 36.8 Å². The van der Waals surface area contributed by atoms with Crippen LogP contribution < -0.4 is 5.32 Å². The second-order valence-corrected chi connectivity index (χ2v) is 5.78. The molecule has 2 rings (SSSR count). The summed E-state index contributed by atoms with van der Waals surface area (Å²) in [6.07, 6.45) is 0.377. The van der Waals surface area contributed by atoms with E-state index in [1.54, 1.807) is 11.3 Å². The molecule has 0 bridgehead atoms. The molecular weight excluding hydrogens is 284 g/mol. The Balaban J connectivity index is 1.96. The van der Waals surface area contributed by atoms with Crippen LogP contribution in [0.4, 0.5) is 0 Å². The number of hydrogen-bond acceptors (Lipinski definition) is 4. The van der Waals surface area contributed by atoms with E-state index < -0.39 is 0 Å². The summed E-state index contributed by atoms with van der Waals surface area (Å²) in [5.41, 5.74) is 0. The maximum absolute atomic E-state index is 11.6. The van der Waals surface area contributed by atoms with Gasteiger partial charge in [0.25, 0.3) is 0 Å². The average Bonchev–Trinajstić information content (AvgIpc) is 2.94. The topological polar surface area (TPSA) is 41.6 Å². The van der Waals surface area contributed by atoms with Crippen molar-refractivity contribution in [2.24, 2.45) is 0 Å². The van der Waals surface area contributed by atoms with Gasteiger partial charge in [0.2, 0.25) is 5.91 Å². The Bertz CT molecular complexity index is 380. The summed E-state index contributed by atoms with van der Waals surface area (Å²) in [4.78, 5) is 15.2. The van der Waals surface area contributed by atoms with Crippen LogP contribution in [0.1, 0.15) is 17.3 Å². The molecule has 1 fully saturated rings. The van der Waals surface area contributed by atoms with E-state index in [0.717, 1.165) is 26.3 Å². The number of ether oxygens (including phenoxy) is 1. The highest BCUT2D eigenvalue weighted by Crippen LogP contribution is 2.25. The van der Waals surface area contributed by atoms with Gasteiger partial charge in [-0.25, -0.2) is 0 Å². The Hall–Kier alpha value is -0.620. The maximum atomic E-state index is 11.6. The number of rotatable bonds is 6. The molecule has 1 saturated heterocycles. The Morgan fingerprint density at radius 3 is 2.95 bits per heavy atom. The van der Waals surface area contributed by atoms with Crippen molar-refractivity contribution in [1.82, 2.24) is 10.2 Å². The zero-order chi connectivity index (χ0) is 13.5. The molecule has 0 saturated carbocycles. The van der Waals surface area contributed by atoms with Crippen LogP contribution in [0.3, 0.4) is 0 Å². The van der Waals surface area contributed by atoms with E-state index in [0.29, 0.717) is 18.8 Å². The van der Waals surface area contributed by atoms with Crippen molar-refractivity contribution in [3.8, 4) is 0 Å². The van der Waals surface area contributed by atoms with Gasteiger partial charge in [-0.15, -0.1) is 22.9 Å². The first-order valence-electron chi connectivity index (χ1n) is 6.49. The van der Waals surface area contributed by atoms with E-state index in [4.69, 9.17) is 16.3 Å².